The van der Waals surface area contributed by atoms with Gasteiger partial charge in [-0.2, -0.15) is 0 Å². The summed E-state index contributed by atoms with van der Waals surface area (Å²) in [5.41, 5.74) is 3.18. The third-order valence-electron chi connectivity index (χ3n) is 7.22. The second-order valence-electron chi connectivity index (χ2n) is 9.32. The molecule has 3 heterocycles. The van der Waals surface area contributed by atoms with Crippen LogP contribution in [0.4, 0.5) is 0 Å². The van der Waals surface area contributed by atoms with Crippen LogP contribution in [-0.4, -0.2) is 40.0 Å². The second kappa shape index (κ2) is 9.38. The van der Waals surface area contributed by atoms with Gasteiger partial charge in [0.25, 0.3) is 0 Å². The number of Topliss-reactive ketones (excluding diaryl/α,β-unsaturated/α-hetero) is 1. The van der Waals surface area contributed by atoms with Crippen molar-refractivity contribution in [1.29, 1.82) is 0 Å². The summed E-state index contributed by atoms with van der Waals surface area (Å²) in [6, 6.07) is 17.5. The number of nitrogens with zero attached hydrogens (tertiary/aromatic N) is 2. The van der Waals surface area contributed by atoms with Crippen LogP contribution < -0.4 is 0 Å². The monoisotopic (exact) mass is 450 g/mol. The maximum Gasteiger partial charge on any atom is 0.161 e. The number of rotatable bonds is 8. The summed E-state index contributed by atoms with van der Waals surface area (Å²) < 4.78 is 8.54. The summed E-state index contributed by atoms with van der Waals surface area (Å²) in [7, 11) is 0. The van der Waals surface area contributed by atoms with E-state index in [2.05, 4.69) is 39.8 Å². The van der Waals surface area contributed by atoms with Crippen molar-refractivity contribution in [3.63, 3.8) is 0 Å². The first kappa shape index (κ1) is 21.7. The average molecular weight is 451 g/mol. The maximum atomic E-state index is 12.0. The topological polar surface area (TPSA) is 34.5 Å². The standard InChI is InChI=1S/C27H31ClN2O2/c1-19(31)26-17-29(27-6-3-2-5-25(26)27)13-4-14-30-22-11-12-23(30)16-24(15-22)32-18-20-7-9-21(28)10-8-20/h2-3,5-10,17,22-24H,4,11-16,18H2,1H3. The Morgan fingerprint density at radius 1 is 1.03 bits per heavy atom. The van der Waals surface area contributed by atoms with Crippen LogP contribution >= 0.6 is 11.6 Å². The highest BCUT2D eigenvalue weighted by Crippen LogP contribution is 2.37. The van der Waals surface area contributed by atoms with E-state index in [0.717, 1.165) is 53.8 Å². The van der Waals surface area contributed by atoms with E-state index in [9.17, 15) is 4.79 Å². The summed E-state index contributed by atoms with van der Waals surface area (Å²) in [6.45, 7) is 4.38. The second-order valence-corrected chi connectivity index (χ2v) is 9.75. The van der Waals surface area contributed by atoms with Gasteiger partial charge in [0.15, 0.2) is 5.78 Å². The number of piperidine rings is 1. The van der Waals surface area contributed by atoms with E-state index in [0.29, 0.717) is 24.8 Å². The van der Waals surface area contributed by atoms with Crippen molar-refractivity contribution in [3.05, 3.63) is 70.9 Å². The predicted octanol–water partition coefficient (Wildman–Crippen LogP) is 6.10. The number of carbonyl (C=O) groups excluding carboxylic acids is 1. The minimum atomic E-state index is 0.138. The SMILES string of the molecule is CC(=O)c1cn(CCCN2C3CCC2CC(OCc2ccc(Cl)cc2)C3)c2ccccc12. The Balaban J connectivity index is 1.15. The quantitative estimate of drug-likeness (QED) is 0.389. The first-order chi connectivity index (χ1) is 15.6. The van der Waals surface area contributed by atoms with Crippen LogP contribution in [0.1, 0.15) is 54.9 Å². The first-order valence-electron chi connectivity index (χ1n) is 11.8. The minimum Gasteiger partial charge on any atom is -0.373 e. The Morgan fingerprint density at radius 3 is 2.47 bits per heavy atom. The number of carbonyl (C=O) groups is 1. The van der Waals surface area contributed by atoms with Gasteiger partial charge in [-0.15, -0.1) is 0 Å². The molecule has 2 saturated heterocycles. The molecule has 0 spiro atoms. The van der Waals surface area contributed by atoms with Crippen LogP contribution in [0.2, 0.25) is 5.02 Å². The Kier molecular flexibility index (Phi) is 6.36. The van der Waals surface area contributed by atoms with E-state index in [1.54, 1.807) is 6.92 Å². The van der Waals surface area contributed by atoms with Crippen LogP contribution in [0, 0.1) is 0 Å². The number of ketones is 1. The molecular weight excluding hydrogens is 420 g/mol. The third-order valence-corrected chi connectivity index (χ3v) is 7.48. The number of hydrogen-bond donors (Lipinski definition) is 0. The average Bonchev–Trinajstić information content (AvgIpc) is 3.27. The van der Waals surface area contributed by atoms with Crippen LogP contribution in [0.3, 0.4) is 0 Å². The normalized spacial score (nSPS) is 23.1. The molecule has 168 valence electrons. The predicted molar refractivity (Wildman–Crippen MR) is 129 cm³/mol. The number of halogens is 1. The lowest BCUT2D eigenvalue weighted by Crippen LogP contribution is -2.45. The molecule has 2 aliphatic rings. The lowest BCUT2D eigenvalue weighted by molar-refractivity contribution is -0.0285. The fraction of sp³-hybridized carbons (Fsp3) is 0.444. The van der Waals surface area contributed by atoms with Crippen molar-refractivity contribution in [2.75, 3.05) is 6.54 Å². The summed E-state index contributed by atoms with van der Waals surface area (Å²) >= 11 is 5.98. The lowest BCUT2D eigenvalue weighted by Gasteiger charge is -2.39. The summed E-state index contributed by atoms with van der Waals surface area (Å²) in [5.74, 6) is 0.138. The van der Waals surface area contributed by atoms with Crippen molar-refractivity contribution in [2.24, 2.45) is 0 Å². The van der Waals surface area contributed by atoms with Crippen molar-refractivity contribution < 1.29 is 9.53 Å². The van der Waals surface area contributed by atoms with Crippen LogP contribution in [0.15, 0.2) is 54.7 Å². The molecule has 2 unspecified atom stereocenters. The molecule has 0 saturated carbocycles. The first-order valence-corrected chi connectivity index (χ1v) is 12.2. The largest absolute Gasteiger partial charge is 0.373 e. The number of ether oxygens (including phenoxy) is 1. The Bertz CT molecular complexity index is 1080. The maximum absolute atomic E-state index is 12.0. The highest BCUT2D eigenvalue weighted by atomic mass is 35.5. The van der Waals surface area contributed by atoms with Gasteiger partial charge >= 0.3 is 0 Å². The minimum absolute atomic E-state index is 0.138. The molecular formula is C27H31ClN2O2. The zero-order valence-electron chi connectivity index (χ0n) is 18.7. The molecule has 2 atom stereocenters. The molecule has 1 aromatic heterocycles. The van der Waals surface area contributed by atoms with E-state index in [4.69, 9.17) is 16.3 Å². The van der Waals surface area contributed by atoms with Crippen molar-refractivity contribution >= 4 is 28.3 Å². The molecule has 5 rings (SSSR count). The molecule has 2 bridgehead atoms. The number of aryl methyl sites for hydroxylation is 1. The molecule has 32 heavy (non-hydrogen) atoms. The van der Waals surface area contributed by atoms with E-state index in [1.807, 2.05) is 24.4 Å². The summed E-state index contributed by atoms with van der Waals surface area (Å²) in [6.07, 6.45) is 8.32. The highest BCUT2D eigenvalue weighted by Gasteiger charge is 2.40. The van der Waals surface area contributed by atoms with Gasteiger partial charge in [-0.1, -0.05) is 41.9 Å². The van der Waals surface area contributed by atoms with Gasteiger partial charge in [-0.3, -0.25) is 9.69 Å². The number of aromatic nitrogens is 1. The van der Waals surface area contributed by atoms with Gasteiger partial charge in [-0.05, 0) is 62.8 Å². The molecule has 0 aliphatic carbocycles. The molecule has 0 amide bonds. The summed E-state index contributed by atoms with van der Waals surface area (Å²) in [5, 5.41) is 1.84. The fourth-order valence-corrected chi connectivity index (χ4v) is 5.78. The number of benzene rings is 2. The van der Waals surface area contributed by atoms with Gasteiger partial charge in [-0.25, -0.2) is 0 Å². The van der Waals surface area contributed by atoms with Crippen molar-refractivity contribution in [1.82, 2.24) is 9.47 Å². The lowest BCUT2D eigenvalue weighted by atomic mass is 9.99. The van der Waals surface area contributed by atoms with Gasteiger partial charge < -0.3 is 9.30 Å². The van der Waals surface area contributed by atoms with Crippen LogP contribution in [0.5, 0.6) is 0 Å². The van der Waals surface area contributed by atoms with Gasteiger partial charge in [0, 0.05) is 52.9 Å². The molecule has 0 radical (unpaired) electrons. The molecule has 0 N–H and O–H groups in total. The molecule has 3 aromatic rings. The fourth-order valence-electron chi connectivity index (χ4n) is 5.66. The van der Waals surface area contributed by atoms with E-state index in [-0.39, 0.29) is 5.78 Å². The highest BCUT2D eigenvalue weighted by molar-refractivity contribution is 6.30. The Labute approximate surface area is 195 Å². The number of fused-ring (bicyclic) bond motifs is 3. The van der Waals surface area contributed by atoms with Crippen molar-refractivity contribution in [2.45, 2.75) is 70.4 Å². The smallest absolute Gasteiger partial charge is 0.161 e. The molecule has 2 aromatic carbocycles. The molecule has 5 heteroatoms. The van der Waals surface area contributed by atoms with Crippen molar-refractivity contribution in [3.8, 4) is 0 Å². The number of para-hydroxylation sites is 1. The molecule has 4 nitrogen and oxygen atoms in total. The van der Waals surface area contributed by atoms with Gasteiger partial charge in [0.2, 0.25) is 0 Å². The number of hydrogen-bond acceptors (Lipinski definition) is 3. The molecule has 2 fully saturated rings. The van der Waals surface area contributed by atoms with Crippen LogP contribution in [0.25, 0.3) is 10.9 Å². The third kappa shape index (κ3) is 4.50. The van der Waals surface area contributed by atoms with Gasteiger partial charge in [0.05, 0.1) is 12.7 Å². The Morgan fingerprint density at radius 2 is 1.75 bits per heavy atom. The molecule has 2 aliphatic heterocycles. The Hall–Kier alpha value is -2.14. The zero-order valence-corrected chi connectivity index (χ0v) is 19.4. The van der Waals surface area contributed by atoms with Gasteiger partial charge in [0.1, 0.15) is 0 Å². The van der Waals surface area contributed by atoms with Crippen LogP contribution in [-0.2, 0) is 17.9 Å². The van der Waals surface area contributed by atoms with E-state index < -0.39 is 0 Å². The van der Waals surface area contributed by atoms with E-state index in [1.165, 1.54) is 18.4 Å². The summed E-state index contributed by atoms with van der Waals surface area (Å²) in [4.78, 5) is 14.8. The van der Waals surface area contributed by atoms with E-state index >= 15 is 0 Å². The zero-order chi connectivity index (χ0) is 22.1.